The maximum Gasteiger partial charge on any atom is 0.306 e. The fourth-order valence-electron chi connectivity index (χ4n) is 6.77. The zero-order valence-electron chi connectivity index (χ0n) is 42.9. The first-order valence-electron chi connectivity index (χ1n) is 26.7. The average Bonchev–Trinajstić information content (AvgIpc) is 3.33. The summed E-state index contributed by atoms with van der Waals surface area (Å²) in [5.41, 5.74) is 0. The van der Waals surface area contributed by atoms with Gasteiger partial charge in [-0.1, -0.05) is 225 Å². The van der Waals surface area contributed by atoms with Crippen molar-refractivity contribution in [3.05, 3.63) is 134 Å². The first-order chi connectivity index (χ1) is 33.0. The molecule has 6 nitrogen and oxygen atoms in total. The second kappa shape index (κ2) is 54.2. The number of unbranched alkanes of at least 4 members (excludes halogenated alkanes) is 16. The number of rotatable bonds is 46. The monoisotopic (exact) mass is 925 g/mol. The quantitative estimate of drug-likeness (QED) is 0.0199. The van der Waals surface area contributed by atoms with E-state index in [-0.39, 0.29) is 37.5 Å². The van der Waals surface area contributed by atoms with Gasteiger partial charge in [-0.3, -0.25) is 14.4 Å². The van der Waals surface area contributed by atoms with Gasteiger partial charge in [0.1, 0.15) is 13.2 Å². The molecule has 376 valence electrons. The molecular formula is C61H96O6. The predicted octanol–water partition coefficient (Wildman–Crippen LogP) is 17.9. The van der Waals surface area contributed by atoms with E-state index in [0.29, 0.717) is 19.3 Å². The Morgan fingerprint density at radius 3 is 1.19 bits per heavy atom. The SMILES string of the molecule is CC/C=C/C=C/C=C/C=C/CCCCCC(=O)OCC(COC(=O)CC/C=C/C/C=C/C/C=C/C/C=C/C/C=C/C/C=C/CC)OC(=O)CCCCCCCCC/C=C/CCCCCCCC. The third-order valence-electron chi connectivity index (χ3n) is 10.7. The van der Waals surface area contributed by atoms with Gasteiger partial charge in [0.2, 0.25) is 0 Å². The minimum atomic E-state index is -0.832. The van der Waals surface area contributed by atoms with E-state index in [4.69, 9.17) is 14.2 Å². The molecule has 0 aromatic carbocycles. The minimum absolute atomic E-state index is 0.128. The molecule has 0 aliphatic carbocycles. The van der Waals surface area contributed by atoms with Crippen LogP contribution in [-0.2, 0) is 28.6 Å². The summed E-state index contributed by atoms with van der Waals surface area (Å²) in [7, 11) is 0. The fraction of sp³-hybridized carbons (Fsp3) is 0.590. The van der Waals surface area contributed by atoms with Gasteiger partial charge >= 0.3 is 17.9 Å². The predicted molar refractivity (Wildman–Crippen MR) is 288 cm³/mol. The van der Waals surface area contributed by atoms with E-state index in [1.165, 1.54) is 77.0 Å². The van der Waals surface area contributed by atoms with Crippen LogP contribution in [0.1, 0.15) is 213 Å². The molecule has 0 heterocycles. The van der Waals surface area contributed by atoms with Crippen molar-refractivity contribution in [2.45, 2.75) is 219 Å². The molecule has 0 aliphatic heterocycles. The molecule has 1 atom stereocenters. The Labute approximate surface area is 411 Å². The third-order valence-corrected chi connectivity index (χ3v) is 10.7. The number of hydrogen-bond acceptors (Lipinski definition) is 6. The highest BCUT2D eigenvalue weighted by atomic mass is 16.6. The highest BCUT2D eigenvalue weighted by Crippen LogP contribution is 2.13. The van der Waals surface area contributed by atoms with Crippen molar-refractivity contribution >= 4 is 17.9 Å². The van der Waals surface area contributed by atoms with Crippen LogP contribution in [0, 0.1) is 0 Å². The van der Waals surface area contributed by atoms with E-state index in [9.17, 15) is 14.4 Å². The molecule has 6 heteroatoms. The molecule has 0 amide bonds. The summed E-state index contributed by atoms with van der Waals surface area (Å²) in [6, 6.07) is 0. The number of carbonyl (C=O) groups excluding carboxylic acids is 3. The normalized spacial score (nSPS) is 13.2. The third kappa shape index (κ3) is 52.4. The summed E-state index contributed by atoms with van der Waals surface area (Å²) < 4.78 is 16.7. The van der Waals surface area contributed by atoms with Gasteiger partial charge in [0.15, 0.2) is 6.10 Å². The lowest BCUT2D eigenvalue weighted by Gasteiger charge is -2.18. The van der Waals surface area contributed by atoms with Crippen LogP contribution in [0.4, 0.5) is 0 Å². The van der Waals surface area contributed by atoms with Crippen LogP contribution in [-0.4, -0.2) is 37.2 Å². The zero-order valence-corrected chi connectivity index (χ0v) is 42.9. The van der Waals surface area contributed by atoms with Crippen molar-refractivity contribution in [3.63, 3.8) is 0 Å². The van der Waals surface area contributed by atoms with Crippen LogP contribution in [0.15, 0.2) is 134 Å². The molecule has 67 heavy (non-hydrogen) atoms. The molecule has 0 saturated carbocycles. The molecule has 0 fully saturated rings. The van der Waals surface area contributed by atoms with Crippen molar-refractivity contribution in [1.29, 1.82) is 0 Å². The van der Waals surface area contributed by atoms with Crippen molar-refractivity contribution in [2.75, 3.05) is 13.2 Å². The van der Waals surface area contributed by atoms with Crippen LogP contribution in [0.3, 0.4) is 0 Å². The van der Waals surface area contributed by atoms with E-state index >= 15 is 0 Å². The van der Waals surface area contributed by atoms with Crippen molar-refractivity contribution in [3.8, 4) is 0 Å². The first-order valence-corrected chi connectivity index (χ1v) is 26.7. The number of ether oxygens (including phenoxy) is 3. The standard InChI is InChI=1S/C61H96O6/c1-4-7-10-13-16-19-22-25-27-29-30-32-33-36-39-42-45-48-51-54-60(63)66-57-58(56-65-59(62)53-50-47-44-41-38-35-24-21-18-15-12-9-6-3)67-61(64)55-52-49-46-43-40-37-34-31-28-26-23-20-17-14-11-8-5-2/h7,9-10,12,15-16,18-19,21,24-28,30,32,35-36,38-39,45,48,58H,4-6,8,11,13-14,17,20,22-23,29,31,33-34,37,40-44,46-47,49-57H2,1-3H3/b10-7+,12-9+,18-15+,19-16+,24-21+,27-25+,28-26+,32-30+,38-35+,39-36+,48-45+. The number of carbonyl (C=O) groups is 3. The molecule has 0 aromatic rings. The molecule has 0 N–H and O–H groups in total. The van der Waals surface area contributed by atoms with Crippen LogP contribution >= 0.6 is 0 Å². The van der Waals surface area contributed by atoms with Gasteiger partial charge in [0, 0.05) is 19.3 Å². The van der Waals surface area contributed by atoms with Gasteiger partial charge in [-0.25, -0.2) is 0 Å². The lowest BCUT2D eigenvalue weighted by Crippen LogP contribution is -2.30. The topological polar surface area (TPSA) is 78.9 Å². The Bertz CT molecular complexity index is 1480. The minimum Gasteiger partial charge on any atom is -0.462 e. The Balaban J connectivity index is 4.57. The van der Waals surface area contributed by atoms with E-state index in [1.807, 2.05) is 48.6 Å². The molecule has 0 rings (SSSR count). The van der Waals surface area contributed by atoms with Crippen LogP contribution in [0.5, 0.6) is 0 Å². The molecule has 0 saturated heterocycles. The number of hydrogen-bond donors (Lipinski definition) is 0. The zero-order chi connectivity index (χ0) is 48.6. The summed E-state index contributed by atoms with van der Waals surface area (Å²) in [6.07, 6.45) is 75.9. The second-order valence-electron chi connectivity index (χ2n) is 17.1. The second-order valence-corrected chi connectivity index (χ2v) is 17.1. The Morgan fingerprint density at radius 1 is 0.328 bits per heavy atom. The highest BCUT2D eigenvalue weighted by Gasteiger charge is 2.19. The van der Waals surface area contributed by atoms with Gasteiger partial charge < -0.3 is 14.2 Å². The summed E-state index contributed by atoms with van der Waals surface area (Å²) in [5, 5.41) is 0. The number of allylic oxidation sites excluding steroid dienone is 22. The average molecular weight is 925 g/mol. The van der Waals surface area contributed by atoms with Crippen LogP contribution in [0.2, 0.25) is 0 Å². The van der Waals surface area contributed by atoms with Crippen LogP contribution < -0.4 is 0 Å². The molecule has 1 unspecified atom stereocenters. The molecule has 0 spiro atoms. The van der Waals surface area contributed by atoms with E-state index < -0.39 is 6.10 Å². The van der Waals surface area contributed by atoms with E-state index in [1.54, 1.807) is 0 Å². The van der Waals surface area contributed by atoms with E-state index in [2.05, 4.69) is 106 Å². The largest absolute Gasteiger partial charge is 0.462 e. The summed E-state index contributed by atoms with van der Waals surface area (Å²) >= 11 is 0. The van der Waals surface area contributed by atoms with Gasteiger partial charge in [0.25, 0.3) is 0 Å². The highest BCUT2D eigenvalue weighted by molar-refractivity contribution is 5.71. The first kappa shape index (κ1) is 62.5. The fourth-order valence-corrected chi connectivity index (χ4v) is 6.77. The summed E-state index contributed by atoms with van der Waals surface area (Å²) in [6.45, 7) is 6.26. The maximum atomic E-state index is 12.8. The summed E-state index contributed by atoms with van der Waals surface area (Å²) in [5.74, 6) is -1.06. The lowest BCUT2D eigenvalue weighted by molar-refractivity contribution is -0.166. The lowest BCUT2D eigenvalue weighted by atomic mass is 10.1. The van der Waals surface area contributed by atoms with Crippen molar-refractivity contribution in [2.24, 2.45) is 0 Å². The van der Waals surface area contributed by atoms with E-state index in [0.717, 1.165) is 89.9 Å². The Hall–Kier alpha value is -4.45. The van der Waals surface area contributed by atoms with Crippen molar-refractivity contribution < 1.29 is 28.6 Å². The van der Waals surface area contributed by atoms with Gasteiger partial charge in [-0.05, 0) is 103 Å². The van der Waals surface area contributed by atoms with Gasteiger partial charge in [-0.2, -0.15) is 0 Å². The Morgan fingerprint density at radius 2 is 0.687 bits per heavy atom. The molecule has 0 radical (unpaired) electrons. The van der Waals surface area contributed by atoms with Gasteiger partial charge in [0.05, 0.1) is 0 Å². The molecular weight excluding hydrogens is 829 g/mol. The smallest absolute Gasteiger partial charge is 0.306 e. The number of esters is 3. The summed E-state index contributed by atoms with van der Waals surface area (Å²) in [4.78, 5) is 38.0. The van der Waals surface area contributed by atoms with Crippen molar-refractivity contribution in [1.82, 2.24) is 0 Å². The molecule has 0 aromatic heterocycles. The Kier molecular flexibility index (Phi) is 50.6. The van der Waals surface area contributed by atoms with Crippen LogP contribution in [0.25, 0.3) is 0 Å². The molecule has 0 bridgehead atoms. The maximum absolute atomic E-state index is 12.8. The molecule has 0 aliphatic rings. The van der Waals surface area contributed by atoms with Gasteiger partial charge in [-0.15, -0.1) is 0 Å².